The summed E-state index contributed by atoms with van der Waals surface area (Å²) < 4.78 is 5.20. The van der Waals surface area contributed by atoms with Gasteiger partial charge in [0, 0.05) is 42.8 Å². The minimum Gasteiger partial charge on any atom is -0.383 e. The summed E-state index contributed by atoms with van der Waals surface area (Å²) in [6, 6.07) is 2.57. The molecule has 1 heterocycles. The van der Waals surface area contributed by atoms with Crippen molar-refractivity contribution in [2.75, 3.05) is 25.2 Å². The fraction of sp³-hybridized carbons (Fsp3) is 0.643. The van der Waals surface area contributed by atoms with Crippen LogP contribution >= 0.6 is 11.6 Å². The molecule has 0 aromatic carbocycles. The van der Waals surface area contributed by atoms with Crippen LogP contribution in [0.4, 0.5) is 5.69 Å². The third-order valence-electron chi connectivity index (χ3n) is 3.21. The molecule has 0 fully saturated rings. The van der Waals surface area contributed by atoms with Gasteiger partial charge in [0.25, 0.3) is 0 Å². The average molecular weight is 271 g/mol. The summed E-state index contributed by atoms with van der Waals surface area (Å²) in [7, 11) is 1.73. The molecule has 0 radical (unpaired) electrons. The van der Waals surface area contributed by atoms with Crippen molar-refractivity contribution in [3.63, 3.8) is 0 Å². The molecule has 0 saturated carbocycles. The van der Waals surface area contributed by atoms with E-state index < -0.39 is 0 Å². The number of alkyl halides is 1. The zero-order valence-electron chi connectivity index (χ0n) is 11.7. The number of methoxy groups -OCH3 is 1. The molecule has 3 nitrogen and oxygen atoms in total. The van der Waals surface area contributed by atoms with E-state index >= 15 is 0 Å². The number of pyridine rings is 1. The fourth-order valence-electron chi connectivity index (χ4n) is 1.93. The maximum atomic E-state index is 6.01. The van der Waals surface area contributed by atoms with E-state index in [2.05, 4.69) is 29.8 Å². The number of nitrogens with zero attached hydrogens (tertiary/aromatic N) is 2. The molecule has 0 amide bonds. The molecule has 1 aromatic rings. The van der Waals surface area contributed by atoms with E-state index in [1.165, 1.54) is 5.69 Å². The molecule has 4 heteroatoms. The van der Waals surface area contributed by atoms with Crippen molar-refractivity contribution in [1.82, 2.24) is 4.98 Å². The molecule has 0 aliphatic carbocycles. The van der Waals surface area contributed by atoms with Crippen LogP contribution in [0.15, 0.2) is 12.3 Å². The maximum absolute atomic E-state index is 6.01. The summed E-state index contributed by atoms with van der Waals surface area (Å²) in [5.41, 5.74) is 3.28. The predicted molar refractivity (Wildman–Crippen MR) is 77.5 cm³/mol. The number of rotatable bonds is 7. The number of aromatic nitrogens is 1. The van der Waals surface area contributed by atoms with Gasteiger partial charge >= 0.3 is 0 Å². The SMILES string of the molecule is CCC(C)N(CCOC)c1cc(C)ncc1CCl. The molecule has 0 bridgehead atoms. The van der Waals surface area contributed by atoms with E-state index in [0.29, 0.717) is 18.5 Å². The van der Waals surface area contributed by atoms with Crippen molar-refractivity contribution in [3.05, 3.63) is 23.5 Å². The molecule has 0 aliphatic heterocycles. The van der Waals surface area contributed by atoms with Crippen LogP contribution in [0.2, 0.25) is 0 Å². The fourth-order valence-corrected chi connectivity index (χ4v) is 2.14. The first-order valence-electron chi connectivity index (χ1n) is 6.41. The normalized spacial score (nSPS) is 12.5. The van der Waals surface area contributed by atoms with Gasteiger partial charge in [-0.15, -0.1) is 11.6 Å². The van der Waals surface area contributed by atoms with Crippen molar-refractivity contribution in [1.29, 1.82) is 0 Å². The van der Waals surface area contributed by atoms with E-state index in [1.807, 2.05) is 13.1 Å². The number of ether oxygens (including phenoxy) is 1. The second kappa shape index (κ2) is 7.59. The number of hydrogen-bond donors (Lipinski definition) is 0. The summed E-state index contributed by atoms with van der Waals surface area (Å²) in [4.78, 5) is 6.67. The van der Waals surface area contributed by atoms with Gasteiger partial charge in [-0.3, -0.25) is 4.98 Å². The van der Waals surface area contributed by atoms with Gasteiger partial charge in [0.05, 0.1) is 12.5 Å². The Morgan fingerprint density at radius 2 is 2.22 bits per heavy atom. The molecule has 1 rings (SSSR count). The highest BCUT2D eigenvalue weighted by Gasteiger charge is 2.16. The average Bonchev–Trinajstić information content (AvgIpc) is 2.39. The lowest BCUT2D eigenvalue weighted by atomic mass is 10.1. The van der Waals surface area contributed by atoms with Gasteiger partial charge in [-0.25, -0.2) is 0 Å². The van der Waals surface area contributed by atoms with Gasteiger partial charge in [0.15, 0.2) is 0 Å². The highest BCUT2D eigenvalue weighted by Crippen LogP contribution is 2.25. The Balaban J connectivity index is 3.05. The zero-order chi connectivity index (χ0) is 13.5. The molecule has 1 atom stereocenters. The van der Waals surface area contributed by atoms with Crippen LogP contribution in [0.1, 0.15) is 31.5 Å². The van der Waals surface area contributed by atoms with Gasteiger partial charge < -0.3 is 9.64 Å². The monoisotopic (exact) mass is 270 g/mol. The standard InChI is InChI=1S/C14H23ClN2O/c1-5-12(3)17(6-7-18-4)14-8-11(2)16-10-13(14)9-15/h8,10,12H,5-7,9H2,1-4H3. The Hall–Kier alpha value is -0.800. The Bertz CT molecular complexity index is 371. The lowest BCUT2D eigenvalue weighted by molar-refractivity contribution is 0.203. The Morgan fingerprint density at radius 3 is 2.78 bits per heavy atom. The lowest BCUT2D eigenvalue weighted by Gasteiger charge is -2.32. The second-order valence-corrected chi connectivity index (χ2v) is 4.80. The first-order valence-corrected chi connectivity index (χ1v) is 6.94. The molecule has 0 spiro atoms. The second-order valence-electron chi connectivity index (χ2n) is 4.53. The number of halogens is 1. The van der Waals surface area contributed by atoms with Crippen molar-refractivity contribution >= 4 is 17.3 Å². The van der Waals surface area contributed by atoms with Crippen molar-refractivity contribution in [3.8, 4) is 0 Å². The topological polar surface area (TPSA) is 25.4 Å². The van der Waals surface area contributed by atoms with Gasteiger partial charge in [0.1, 0.15) is 0 Å². The molecule has 1 aromatic heterocycles. The molecule has 102 valence electrons. The van der Waals surface area contributed by atoms with E-state index in [9.17, 15) is 0 Å². The van der Waals surface area contributed by atoms with Crippen LogP contribution in [0.3, 0.4) is 0 Å². The van der Waals surface area contributed by atoms with Crippen LogP contribution in [0, 0.1) is 6.92 Å². The third kappa shape index (κ3) is 3.85. The van der Waals surface area contributed by atoms with E-state index in [0.717, 1.165) is 24.2 Å². The van der Waals surface area contributed by atoms with Gasteiger partial charge in [0.2, 0.25) is 0 Å². The van der Waals surface area contributed by atoms with Gasteiger partial charge in [-0.05, 0) is 26.3 Å². The Kier molecular flexibility index (Phi) is 6.44. The minimum absolute atomic E-state index is 0.462. The molecule has 0 saturated heterocycles. The maximum Gasteiger partial charge on any atom is 0.0637 e. The summed E-state index contributed by atoms with van der Waals surface area (Å²) in [5, 5.41) is 0. The van der Waals surface area contributed by atoms with Crippen LogP contribution < -0.4 is 4.90 Å². The smallest absolute Gasteiger partial charge is 0.0637 e. The molecule has 1 unspecified atom stereocenters. The van der Waals surface area contributed by atoms with Crippen LogP contribution in [0.25, 0.3) is 0 Å². The zero-order valence-corrected chi connectivity index (χ0v) is 12.5. The molecular formula is C14H23ClN2O. The summed E-state index contributed by atoms with van der Waals surface area (Å²) >= 11 is 6.01. The third-order valence-corrected chi connectivity index (χ3v) is 3.50. The number of anilines is 1. The van der Waals surface area contributed by atoms with E-state index in [1.54, 1.807) is 7.11 Å². The van der Waals surface area contributed by atoms with Crippen molar-refractivity contribution in [2.45, 2.75) is 39.1 Å². The molecule has 0 aliphatic rings. The summed E-state index contributed by atoms with van der Waals surface area (Å²) in [5.74, 6) is 0.489. The van der Waals surface area contributed by atoms with E-state index in [4.69, 9.17) is 16.3 Å². The first-order chi connectivity index (χ1) is 8.63. The number of hydrogen-bond acceptors (Lipinski definition) is 3. The molecular weight excluding hydrogens is 248 g/mol. The van der Waals surface area contributed by atoms with Crippen molar-refractivity contribution in [2.24, 2.45) is 0 Å². The summed E-state index contributed by atoms with van der Waals surface area (Å²) in [6.07, 6.45) is 2.96. The molecule has 0 N–H and O–H groups in total. The van der Waals surface area contributed by atoms with Gasteiger partial charge in [-0.2, -0.15) is 0 Å². The van der Waals surface area contributed by atoms with Crippen LogP contribution in [-0.2, 0) is 10.6 Å². The predicted octanol–water partition coefficient (Wildman–Crippen LogP) is 3.38. The number of aryl methyl sites for hydroxylation is 1. The summed E-state index contributed by atoms with van der Waals surface area (Å²) in [6.45, 7) is 8.02. The highest BCUT2D eigenvalue weighted by atomic mass is 35.5. The van der Waals surface area contributed by atoms with E-state index in [-0.39, 0.29) is 0 Å². The Morgan fingerprint density at radius 1 is 1.50 bits per heavy atom. The van der Waals surface area contributed by atoms with Crippen LogP contribution in [0.5, 0.6) is 0 Å². The lowest BCUT2D eigenvalue weighted by Crippen LogP contribution is -2.36. The van der Waals surface area contributed by atoms with Gasteiger partial charge in [-0.1, -0.05) is 6.92 Å². The Labute approximate surface area is 115 Å². The largest absolute Gasteiger partial charge is 0.383 e. The van der Waals surface area contributed by atoms with Crippen molar-refractivity contribution < 1.29 is 4.74 Å². The minimum atomic E-state index is 0.462. The quantitative estimate of drug-likeness (QED) is 0.710. The molecule has 18 heavy (non-hydrogen) atoms. The van der Waals surface area contributed by atoms with Crippen LogP contribution in [-0.4, -0.2) is 31.3 Å². The highest BCUT2D eigenvalue weighted by molar-refractivity contribution is 6.17. The first kappa shape index (κ1) is 15.3.